The average molecular weight is 458 g/mol. The van der Waals surface area contributed by atoms with Crippen molar-refractivity contribution in [3.8, 4) is 5.75 Å². The van der Waals surface area contributed by atoms with Crippen LogP contribution in [0.5, 0.6) is 5.75 Å². The van der Waals surface area contributed by atoms with Crippen molar-refractivity contribution < 1.29 is 13.9 Å². The Morgan fingerprint density at radius 1 is 0.968 bits per heavy atom. The molecule has 0 aliphatic carbocycles. The summed E-state index contributed by atoms with van der Waals surface area (Å²) >= 11 is 7.66. The number of amides is 1. The molecule has 5 nitrogen and oxygen atoms in total. The lowest BCUT2D eigenvalue weighted by Gasteiger charge is -2.36. The highest BCUT2D eigenvalue weighted by molar-refractivity contribution is 7.18. The van der Waals surface area contributed by atoms with Crippen LogP contribution < -0.4 is 14.5 Å². The summed E-state index contributed by atoms with van der Waals surface area (Å²) in [5, 5.41) is 1.63. The Balaban J connectivity index is 1.29. The molecule has 0 unspecified atom stereocenters. The number of thiophene rings is 1. The highest BCUT2D eigenvalue weighted by Gasteiger charge is 2.26. The fraction of sp³-hybridized carbons (Fsp3) is 0.261. The molecule has 2 aromatic carbocycles. The fourth-order valence-electron chi connectivity index (χ4n) is 4.02. The lowest BCUT2D eigenvalue weighted by Crippen LogP contribution is -2.48. The Morgan fingerprint density at radius 3 is 2.58 bits per heavy atom. The van der Waals surface area contributed by atoms with E-state index >= 15 is 0 Å². The first-order chi connectivity index (χ1) is 15.1. The number of hydrogen-bond acceptors (Lipinski definition) is 5. The molecule has 31 heavy (non-hydrogen) atoms. The zero-order chi connectivity index (χ0) is 21.4. The highest BCUT2D eigenvalue weighted by atomic mass is 35.5. The van der Waals surface area contributed by atoms with Crippen molar-refractivity contribution in [3.63, 3.8) is 0 Å². The third-order valence-corrected chi connectivity index (χ3v) is 6.94. The molecule has 1 amide bonds. The number of ether oxygens (including phenoxy) is 1. The van der Waals surface area contributed by atoms with Gasteiger partial charge in [-0.05, 0) is 42.5 Å². The molecule has 8 heteroatoms. The molecule has 0 spiro atoms. The molecule has 1 aromatic heterocycles. The summed E-state index contributed by atoms with van der Waals surface area (Å²) in [4.78, 5) is 19.8. The number of carbonyl (C=O) groups excluding carboxylic acids is 1. The lowest BCUT2D eigenvalue weighted by atomic mass is 10.2. The van der Waals surface area contributed by atoms with Gasteiger partial charge in [0, 0.05) is 31.2 Å². The van der Waals surface area contributed by atoms with Crippen LogP contribution in [0.1, 0.15) is 9.67 Å². The van der Waals surface area contributed by atoms with Crippen LogP contribution in [0.3, 0.4) is 0 Å². The van der Waals surface area contributed by atoms with Crippen molar-refractivity contribution >= 4 is 45.2 Å². The van der Waals surface area contributed by atoms with Crippen molar-refractivity contribution in [2.45, 2.75) is 0 Å². The molecule has 5 rings (SSSR count). The number of anilines is 3. The maximum atomic E-state index is 14.1. The molecule has 2 aliphatic heterocycles. The maximum absolute atomic E-state index is 14.1. The number of para-hydroxylation sites is 1. The zero-order valence-electron chi connectivity index (χ0n) is 16.8. The Morgan fingerprint density at radius 2 is 1.77 bits per heavy atom. The van der Waals surface area contributed by atoms with Crippen LogP contribution in [0.25, 0.3) is 0 Å². The van der Waals surface area contributed by atoms with E-state index in [-0.39, 0.29) is 11.7 Å². The summed E-state index contributed by atoms with van der Waals surface area (Å²) in [5.41, 5.74) is 1.51. The molecule has 2 aliphatic rings. The smallest absolute Gasteiger partial charge is 0.264 e. The summed E-state index contributed by atoms with van der Waals surface area (Å²) in [6.07, 6.45) is 0. The third-order valence-electron chi connectivity index (χ3n) is 5.61. The van der Waals surface area contributed by atoms with E-state index in [9.17, 15) is 9.18 Å². The van der Waals surface area contributed by atoms with Crippen LogP contribution >= 0.6 is 22.9 Å². The summed E-state index contributed by atoms with van der Waals surface area (Å²) in [6, 6.07) is 16.2. The quantitative estimate of drug-likeness (QED) is 0.552. The van der Waals surface area contributed by atoms with E-state index < -0.39 is 0 Å². The summed E-state index contributed by atoms with van der Waals surface area (Å²) in [5.74, 6) is 0.585. The zero-order valence-corrected chi connectivity index (χ0v) is 18.3. The first-order valence-corrected chi connectivity index (χ1v) is 11.4. The molecule has 0 N–H and O–H groups in total. The topological polar surface area (TPSA) is 36.0 Å². The Labute approximate surface area is 189 Å². The second kappa shape index (κ2) is 8.40. The fourth-order valence-corrected chi connectivity index (χ4v) is 5.20. The van der Waals surface area contributed by atoms with E-state index in [1.807, 2.05) is 46.2 Å². The largest absolute Gasteiger partial charge is 0.490 e. The minimum absolute atomic E-state index is 0.0176. The van der Waals surface area contributed by atoms with Crippen LogP contribution in [0, 0.1) is 5.82 Å². The molecule has 3 heterocycles. The summed E-state index contributed by atoms with van der Waals surface area (Å²) < 4.78 is 19.8. The summed E-state index contributed by atoms with van der Waals surface area (Å²) in [6.45, 7) is 3.63. The van der Waals surface area contributed by atoms with Crippen molar-refractivity contribution in [2.75, 3.05) is 49.1 Å². The first kappa shape index (κ1) is 20.2. The molecule has 1 saturated heterocycles. The van der Waals surface area contributed by atoms with Gasteiger partial charge in [-0.1, -0.05) is 23.7 Å². The van der Waals surface area contributed by atoms with Crippen LogP contribution in [0.15, 0.2) is 54.6 Å². The number of rotatable bonds is 3. The van der Waals surface area contributed by atoms with Gasteiger partial charge < -0.3 is 19.4 Å². The Bertz CT molecular complexity index is 1110. The van der Waals surface area contributed by atoms with Crippen molar-refractivity contribution in [1.29, 1.82) is 0 Å². The van der Waals surface area contributed by atoms with E-state index in [1.54, 1.807) is 12.1 Å². The lowest BCUT2D eigenvalue weighted by molar-refractivity contribution is 0.0751. The molecule has 0 bridgehead atoms. The SMILES string of the molecule is O=C(c1ccc(N2CCOc3ccc(Cl)cc32)s1)N1CCN(c2ccccc2F)CC1. The third kappa shape index (κ3) is 3.95. The molecular formula is C23H21ClFN3O2S. The molecular weight excluding hydrogens is 437 g/mol. The van der Waals surface area contributed by atoms with E-state index in [0.29, 0.717) is 54.9 Å². The van der Waals surface area contributed by atoms with E-state index in [2.05, 4.69) is 4.90 Å². The Hall–Kier alpha value is -2.77. The normalized spacial score (nSPS) is 16.1. The van der Waals surface area contributed by atoms with Gasteiger partial charge in [0.15, 0.2) is 0 Å². The van der Waals surface area contributed by atoms with Crippen LogP contribution in [-0.4, -0.2) is 50.1 Å². The van der Waals surface area contributed by atoms with Gasteiger partial charge in [0.1, 0.15) is 18.2 Å². The number of carbonyl (C=O) groups is 1. The number of halogens is 2. The van der Waals surface area contributed by atoms with E-state index in [0.717, 1.165) is 16.4 Å². The minimum Gasteiger partial charge on any atom is -0.490 e. The Kier molecular flexibility index (Phi) is 5.46. The van der Waals surface area contributed by atoms with Gasteiger partial charge in [-0.3, -0.25) is 4.79 Å². The molecule has 0 atom stereocenters. The highest BCUT2D eigenvalue weighted by Crippen LogP contribution is 2.41. The van der Waals surface area contributed by atoms with Crippen molar-refractivity contribution in [3.05, 3.63) is 70.3 Å². The summed E-state index contributed by atoms with van der Waals surface area (Å²) in [7, 11) is 0. The van der Waals surface area contributed by atoms with Gasteiger partial charge in [0.2, 0.25) is 0 Å². The second-order valence-corrected chi connectivity index (χ2v) is 8.98. The predicted octanol–water partition coefficient (Wildman–Crippen LogP) is 5.03. The first-order valence-electron chi connectivity index (χ1n) is 10.2. The molecule has 0 radical (unpaired) electrons. The maximum Gasteiger partial charge on any atom is 0.264 e. The molecule has 160 valence electrons. The van der Waals surface area contributed by atoms with Gasteiger partial charge in [-0.2, -0.15) is 0 Å². The molecule has 0 saturated carbocycles. The number of fused-ring (bicyclic) bond motifs is 1. The molecule has 1 fully saturated rings. The van der Waals surface area contributed by atoms with Gasteiger partial charge in [0.25, 0.3) is 5.91 Å². The van der Waals surface area contributed by atoms with E-state index in [4.69, 9.17) is 16.3 Å². The number of piperazine rings is 1. The van der Waals surface area contributed by atoms with Crippen LogP contribution in [0.4, 0.5) is 20.8 Å². The number of nitrogens with zero attached hydrogens (tertiary/aromatic N) is 3. The minimum atomic E-state index is -0.226. The van der Waals surface area contributed by atoms with Crippen molar-refractivity contribution in [1.82, 2.24) is 4.90 Å². The molecule has 3 aromatic rings. The standard InChI is InChI=1S/C23H21ClFN3O2S/c24-16-5-6-20-19(15-16)28(13-14-30-20)22-8-7-21(31-22)23(29)27-11-9-26(10-12-27)18-4-2-1-3-17(18)25/h1-8,15H,9-14H2. The monoisotopic (exact) mass is 457 g/mol. The average Bonchev–Trinajstić information content (AvgIpc) is 3.29. The van der Waals surface area contributed by atoms with Gasteiger partial charge in [-0.15, -0.1) is 11.3 Å². The van der Waals surface area contributed by atoms with Crippen LogP contribution in [-0.2, 0) is 0 Å². The second-order valence-electron chi connectivity index (χ2n) is 7.48. The van der Waals surface area contributed by atoms with Gasteiger partial charge in [-0.25, -0.2) is 4.39 Å². The number of hydrogen-bond donors (Lipinski definition) is 0. The number of benzene rings is 2. The van der Waals surface area contributed by atoms with Crippen LogP contribution in [0.2, 0.25) is 5.02 Å². The predicted molar refractivity (Wildman–Crippen MR) is 123 cm³/mol. The van der Waals surface area contributed by atoms with Crippen molar-refractivity contribution in [2.24, 2.45) is 0 Å². The van der Waals surface area contributed by atoms with Gasteiger partial charge in [0.05, 0.1) is 27.8 Å². The van der Waals surface area contributed by atoms with E-state index in [1.165, 1.54) is 17.4 Å². The van der Waals surface area contributed by atoms with Gasteiger partial charge >= 0.3 is 0 Å².